The molecule has 1 atom stereocenters. The summed E-state index contributed by atoms with van der Waals surface area (Å²) in [5, 5.41) is 2.66. The maximum Gasteiger partial charge on any atom is 0.256 e. The normalized spacial score (nSPS) is 18.7. The molecule has 2 amide bonds. The number of imidazole rings is 1. The lowest BCUT2D eigenvalue weighted by Gasteiger charge is -2.28. The molecule has 1 unspecified atom stereocenters. The molecule has 1 aromatic heterocycles. The molecule has 0 radical (unpaired) electrons. The van der Waals surface area contributed by atoms with E-state index in [1.54, 1.807) is 24.2 Å². The SMILES string of the molecule is CN(CC1CCc2nccn2C1)C(=O)c1cc2c(cc1F)NC(=O)CC2. The van der Waals surface area contributed by atoms with Gasteiger partial charge in [0.15, 0.2) is 0 Å². The van der Waals surface area contributed by atoms with E-state index in [9.17, 15) is 14.0 Å². The van der Waals surface area contributed by atoms with Crippen LogP contribution in [-0.4, -0.2) is 39.9 Å². The lowest BCUT2D eigenvalue weighted by Crippen LogP contribution is -2.36. The van der Waals surface area contributed by atoms with Crippen LogP contribution in [0.1, 0.15) is 34.6 Å². The maximum atomic E-state index is 14.4. The van der Waals surface area contributed by atoms with Crippen LogP contribution in [0.3, 0.4) is 0 Å². The molecule has 0 aliphatic carbocycles. The van der Waals surface area contributed by atoms with Crippen molar-refractivity contribution in [1.82, 2.24) is 14.5 Å². The van der Waals surface area contributed by atoms with Gasteiger partial charge in [-0.3, -0.25) is 9.59 Å². The average Bonchev–Trinajstić information content (AvgIpc) is 3.08. The van der Waals surface area contributed by atoms with Crippen molar-refractivity contribution in [2.24, 2.45) is 5.92 Å². The van der Waals surface area contributed by atoms with Crippen molar-refractivity contribution in [1.29, 1.82) is 0 Å². The largest absolute Gasteiger partial charge is 0.341 e. The Morgan fingerprint density at radius 3 is 3.08 bits per heavy atom. The minimum Gasteiger partial charge on any atom is -0.341 e. The Balaban J connectivity index is 1.48. The van der Waals surface area contributed by atoms with Gasteiger partial charge >= 0.3 is 0 Å². The molecule has 136 valence electrons. The number of nitrogens with zero attached hydrogens (tertiary/aromatic N) is 3. The van der Waals surface area contributed by atoms with Crippen LogP contribution in [0, 0.1) is 11.7 Å². The van der Waals surface area contributed by atoms with Gasteiger partial charge in [0, 0.05) is 51.1 Å². The zero-order chi connectivity index (χ0) is 18.3. The van der Waals surface area contributed by atoms with E-state index >= 15 is 0 Å². The highest BCUT2D eigenvalue weighted by Gasteiger charge is 2.25. The van der Waals surface area contributed by atoms with Gasteiger partial charge < -0.3 is 14.8 Å². The molecule has 0 fully saturated rings. The smallest absolute Gasteiger partial charge is 0.256 e. The fourth-order valence-corrected chi connectivity index (χ4v) is 3.83. The molecule has 0 saturated heterocycles. The summed E-state index contributed by atoms with van der Waals surface area (Å²) in [6.45, 7) is 1.40. The Bertz CT molecular complexity index is 876. The second-order valence-corrected chi connectivity index (χ2v) is 7.12. The predicted octanol–water partition coefficient (Wildman–Crippen LogP) is 2.24. The van der Waals surface area contributed by atoms with E-state index in [-0.39, 0.29) is 17.4 Å². The zero-order valence-corrected chi connectivity index (χ0v) is 14.7. The van der Waals surface area contributed by atoms with Gasteiger partial charge in [-0.05, 0) is 36.5 Å². The van der Waals surface area contributed by atoms with Gasteiger partial charge in [-0.25, -0.2) is 9.37 Å². The van der Waals surface area contributed by atoms with Gasteiger partial charge in [-0.15, -0.1) is 0 Å². The Kier molecular flexibility index (Phi) is 4.22. The van der Waals surface area contributed by atoms with Crippen LogP contribution in [0.4, 0.5) is 10.1 Å². The predicted molar refractivity (Wildman–Crippen MR) is 94.3 cm³/mol. The first-order chi connectivity index (χ1) is 12.5. The van der Waals surface area contributed by atoms with Crippen molar-refractivity contribution < 1.29 is 14.0 Å². The topological polar surface area (TPSA) is 67.2 Å². The summed E-state index contributed by atoms with van der Waals surface area (Å²) in [7, 11) is 1.71. The second kappa shape index (κ2) is 6.55. The third-order valence-electron chi connectivity index (χ3n) is 5.23. The van der Waals surface area contributed by atoms with Crippen molar-refractivity contribution in [2.45, 2.75) is 32.2 Å². The summed E-state index contributed by atoms with van der Waals surface area (Å²) in [6, 6.07) is 2.84. The number of carbonyl (C=O) groups is 2. The van der Waals surface area contributed by atoms with Crippen LogP contribution in [0.15, 0.2) is 24.5 Å². The van der Waals surface area contributed by atoms with Gasteiger partial charge in [-0.1, -0.05) is 0 Å². The monoisotopic (exact) mass is 356 g/mol. The van der Waals surface area contributed by atoms with Crippen LogP contribution in [0.25, 0.3) is 0 Å². The van der Waals surface area contributed by atoms with Crippen molar-refractivity contribution in [3.8, 4) is 0 Å². The van der Waals surface area contributed by atoms with Crippen molar-refractivity contribution in [2.75, 3.05) is 18.9 Å². The van der Waals surface area contributed by atoms with Gasteiger partial charge in [0.2, 0.25) is 5.91 Å². The number of hydrogen-bond donors (Lipinski definition) is 1. The minimum absolute atomic E-state index is 0.0709. The number of aryl methyl sites for hydroxylation is 2. The molecular weight excluding hydrogens is 335 g/mol. The zero-order valence-electron chi connectivity index (χ0n) is 14.7. The summed E-state index contributed by atoms with van der Waals surface area (Å²) in [5.41, 5.74) is 1.35. The molecule has 0 saturated carbocycles. The molecule has 0 bridgehead atoms. The highest BCUT2D eigenvalue weighted by Crippen LogP contribution is 2.27. The first-order valence-corrected chi connectivity index (χ1v) is 8.89. The lowest BCUT2D eigenvalue weighted by molar-refractivity contribution is -0.116. The van der Waals surface area contributed by atoms with E-state index in [1.807, 2.05) is 6.20 Å². The van der Waals surface area contributed by atoms with E-state index in [0.29, 0.717) is 31.0 Å². The molecule has 3 heterocycles. The van der Waals surface area contributed by atoms with Gasteiger partial charge in [-0.2, -0.15) is 0 Å². The summed E-state index contributed by atoms with van der Waals surface area (Å²) in [4.78, 5) is 30.1. The van der Waals surface area contributed by atoms with E-state index < -0.39 is 5.82 Å². The van der Waals surface area contributed by atoms with Crippen molar-refractivity contribution in [3.63, 3.8) is 0 Å². The highest BCUT2D eigenvalue weighted by molar-refractivity contribution is 5.98. The fraction of sp³-hybridized carbons (Fsp3) is 0.421. The molecule has 2 aliphatic rings. The Labute approximate surface area is 151 Å². The van der Waals surface area contributed by atoms with Gasteiger partial charge in [0.25, 0.3) is 5.91 Å². The standard InChI is InChI=1S/C19H21FN4O2/c1-23(10-12-2-4-17-21-6-7-24(17)11-12)19(26)14-8-13-3-5-18(25)22-16(13)9-15(14)20/h6-9,12H,2-5,10-11H2,1H3,(H,22,25). The molecular formula is C19H21FN4O2. The van der Waals surface area contributed by atoms with E-state index in [2.05, 4.69) is 14.9 Å². The number of carbonyl (C=O) groups excluding carboxylic acids is 2. The Morgan fingerprint density at radius 2 is 2.23 bits per heavy atom. The Morgan fingerprint density at radius 1 is 1.38 bits per heavy atom. The summed E-state index contributed by atoms with van der Waals surface area (Å²) < 4.78 is 16.6. The van der Waals surface area contributed by atoms with Crippen LogP contribution in [-0.2, 0) is 24.2 Å². The van der Waals surface area contributed by atoms with Crippen LogP contribution in [0.2, 0.25) is 0 Å². The van der Waals surface area contributed by atoms with Gasteiger partial charge in [0.1, 0.15) is 11.6 Å². The molecule has 6 nitrogen and oxygen atoms in total. The molecule has 2 aromatic rings. The summed E-state index contributed by atoms with van der Waals surface area (Å²) >= 11 is 0. The van der Waals surface area contributed by atoms with E-state index in [4.69, 9.17) is 0 Å². The number of nitrogens with one attached hydrogen (secondary N) is 1. The Hall–Kier alpha value is -2.70. The van der Waals surface area contributed by atoms with Gasteiger partial charge in [0.05, 0.1) is 5.56 Å². The molecule has 1 N–H and O–H groups in total. The lowest BCUT2D eigenvalue weighted by atomic mass is 9.97. The third-order valence-corrected chi connectivity index (χ3v) is 5.23. The quantitative estimate of drug-likeness (QED) is 0.917. The highest BCUT2D eigenvalue weighted by atomic mass is 19.1. The second-order valence-electron chi connectivity index (χ2n) is 7.12. The molecule has 7 heteroatoms. The number of benzene rings is 1. The third kappa shape index (κ3) is 3.09. The van der Waals surface area contributed by atoms with Crippen molar-refractivity contribution in [3.05, 3.63) is 47.3 Å². The molecule has 4 rings (SSSR count). The minimum atomic E-state index is -0.594. The number of rotatable bonds is 3. The number of fused-ring (bicyclic) bond motifs is 2. The number of aromatic nitrogens is 2. The van der Waals surface area contributed by atoms with E-state index in [1.165, 1.54) is 6.07 Å². The van der Waals surface area contributed by atoms with E-state index in [0.717, 1.165) is 30.8 Å². The maximum absolute atomic E-state index is 14.4. The first kappa shape index (κ1) is 16.8. The van der Waals surface area contributed by atoms with Crippen LogP contribution in [0.5, 0.6) is 0 Å². The summed E-state index contributed by atoms with van der Waals surface area (Å²) in [6.07, 6.45) is 6.50. The number of halogens is 1. The fourth-order valence-electron chi connectivity index (χ4n) is 3.83. The molecule has 0 spiro atoms. The number of hydrogen-bond acceptors (Lipinski definition) is 3. The average molecular weight is 356 g/mol. The molecule has 1 aromatic carbocycles. The number of anilines is 1. The molecule has 2 aliphatic heterocycles. The summed E-state index contributed by atoms with van der Waals surface area (Å²) in [5.74, 6) is 0.370. The first-order valence-electron chi connectivity index (χ1n) is 8.89. The van der Waals surface area contributed by atoms with Crippen LogP contribution < -0.4 is 5.32 Å². The number of amides is 2. The van der Waals surface area contributed by atoms with Crippen LogP contribution >= 0.6 is 0 Å². The molecule has 26 heavy (non-hydrogen) atoms. The van der Waals surface area contributed by atoms with Crippen molar-refractivity contribution >= 4 is 17.5 Å².